The monoisotopic (exact) mass is 372 g/mol. The van der Waals surface area contributed by atoms with Crippen LogP contribution < -0.4 is 5.76 Å². The molecule has 0 aliphatic carbocycles. The van der Waals surface area contributed by atoms with E-state index in [1.807, 2.05) is 0 Å². The maximum atomic E-state index is 12.4. The average molecular weight is 372 g/mol. The van der Waals surface area contributed by atoms with Crippen molar-refractivity contribution >= 4 is 23.0 Å². The number of furan rings is 1. The second-order valence-corrected chi connectivity index (χ2v) is 6.16. The number of fused-ring (bicyclic) bond motifs is 1. The van der Waals surface area contributed by atoms with Gasteiger partial charge in [-0.3, -0.25) is 9.36 Å². The first kappa shape index (κ1) is 18.5. The number of nitrogens with zero attached hydrogens (tertiary/aromatic N) is 2. The Hall–Kier alpha value is -3.29. The number of aromatic nitrogens is 1. The van der Waals surface area contributed by atoms with Crippen molar-refractivity contribution in [3.8, 4) is 0 Å². The largest absolute Gasteiger partial charge is 0.465 e. The number of hydrogen-bond acceptors (Lipinski definition) is 6. The van der Waals surface area contributed by atoms with Gasteiger partial charge in [-0.2, -0.15) is 0 Å². The number of carbonyl (C=O) groups excluding carboxylic acids is 2. The van der Waals surface area contributed by atoms with Crippen LogP contribution in [0.4, 0.5) is 0 Å². The van der Waals surface area contributed by atoms with E-state index in [1.54, 1.807) is 44.3 Å². The van der Waals surface area contributed by atoms with Gasteiger partial charge in [-0.15, -0.1) is 0 Å². The number of amides is 1. The zero-order valence-electron chi connectivity index (χ0n) is 15.4. The number of para-hydroxylation sites is 2. The minimum atomic E-state index is -0.490. The van der Waals surface area contributed by atoms with Crippen molar-refractivity contribution in [2.45, 2.75) is 26.4 Å². The van der Waals surface area contributed by atoms with Crippen molar-refractivity contribution in [2.24, 2.45) is 0 Å². The topological polar surface area (TPSA) is 94.9 Å². The molecule has 27 heavy (non-hydrogen) atoms. The van der Waals surface area contributed by atoms with E-state index >= 15 is 0 Å². The van der Waals surface area contributed by atoms with Crippen molar-refractivity contribution in [1.29, 1.82) is 0 Å². The Labute approximate surface area is 154 Å². The summed E-state index contributed by atoms with van der Waals surface area (Å²) in [4.78, 5) is 37.5. The zero-order valence-corrected chi connectivity index (χ0v) is 15.4. The van der Waals surface area contributed by atoms with Crippen LogP contribution in [0, 0.1) is 6.92 Å². The molecule has 2 aromatic heterocycles. The molecule has 0 atom stereocenters. The molecule has 8 heteroatoms. The first-order valence-electron chi connectivity index (χ1n) is 8.40. The zero-order chi connectivity index (χ0) is 19.6. The molecule has 0 spiro atoms. The van der Waals surface area contributed by atoms with Gasteiger partial charge in [0.1, 0.15) is 17.1 Å². The van der Waals surface area contributed by atoms with Crippen molar-refractivity contribution < 1.29 is 23.2 Å². The number of oxazole rings is 1. The van der Waals surface area contributed by atoms with Crippen molar-refractivity contribution in [3.05, 3.63) is 58.0 Å². The molecular weight excluding hydrogens is 352 g/mol. The first-order chi connectivity index (χ1) is 12.9. The number of ether oxygens (including phenoxy) is 1. The van der Waals surface area contributed by atoms with E-state index in [-0.39, 0.29) is 25.4 Å². The van der Waals surface area contributed by atoms with Gasteiger partial charge in [-0.05, 0) is 25.1 Å². The Morgan fingerprint density at radius 3 is 2.70 bits per heavy atom. The maximum Gasteiger partial charge on any atom is 0.419 e. The quantitative estimate of drug-likeness (QED) is 0.617. The third-order valence-electron chi connectivity index (χ3n) is 4.32. The van der Waals surface area contributed by atoms with Gasteiger partial charge in [0.05, 0.1) is 19.2 Å². The van der Waals surface area contributed by atoms with E-state index in [9.17, 15) is 14.4 Å². The van der Waals surface area contributed by atoms with Crippen LogP contribution in [0.2, 0.25) is 0 Å². The molecule has 8 nitrogen and oxygen atoms in total. The van der Waals surface area contributed by atoms with Gasteiger partial charge in [0, 0.05) is 20.0 Å². The van der Waals surface area contributed by atoms with E-state index in [0.717, 1.165) is 0 Å². The summed E-state index contributed by atoms with van der Waals surface area (Å²) in [5.41, 5.74) is 1.48. The fourth-order valence-electron chi connectivity index (χ4n) is 2.88. The van der Waals surface area contributed by atoms with Gasteiger partial charge in [-0.25, -0.2) is 9.59 Å². The predicted molar refractivity (Wildman–Crippen MR) is 96.3 cm³/mol. The van der Waals surface area contributed by atoms with E-state index in [4.69, 9.17) is 8.83 Å². The summed E-state index contributed by atoms with van der Waals surface area (Å²) in [5, 5.41) is 0. The lowest BCUT2D eigenvalue weighted by Crippen LogP contribution is -2.28. The average Bonchev–Trinajstić information content (AvgIpc) is 3.17. The fourth-order valence-corrected chi connectivity index (χ4v) is 2.88. The standard InChI is InChI=1S/C19H20N2O6/c1-12-14(18(23)25-3)10-13(26-12)11-20(2)17(22)8-9-21-15-6-4-5-7-16(15)27-19(21)24/h4-7,10H,8-9,11H2,1-3H3. The summed E-state index contributed by atoms with van der Waals surface area (Å²) in [6, 6.07) is 8.63. The normalized spacial score (nSPS) is 10.9. The number of aryl methyl sites for hydroxylation is 2. The van der Waals surface area contributed by atoms with Crippen LogP contribution in [0.15, 0.2) is 44.0 Å². The highest BCUT2D eigenvalue weighted by molar-refractivity contribution is 5.90. The second kappa shape index (κ2) is 7.53. The van der Waals surface area contributed by atoms with Crippen LogP contribution in [0.3, 0.4) is 0 Å². The summed E-state index contributed by atoms with van der Waals surface area (Å²) in [6.45, 7) is 2.08. The third-order valence-corrected chi connectivity index (χ3v) is 4.32. The molecule has 1 aromatic carbocycles. The second-order valence-electron chi connectivity index (χ2n) is 6.16. The lowest BCUT2D eigenvalue weighted by atomic mass is 10.2. The molecule has 2 heterocycles. The number of rotatable bonds is 6. The Morgan fingerprint density at radius 2 is 1.96 bits per heavy atom. The van der Waals surface area contributed by atoms with Gasteiger partial charge >= 0.3 is 11.7 Å². The minimum absolute atomic E-state index is 0.128. The number of esters is 1. The molecule has 1 amide bonds. The van der Waals surface area contributed by atoms with Gasteiger partial charge in [0.2, 0.25) is 5.91 Å². The van der Waals surface area contributed by atoms with Crippen LogP contribution >= 0.6 is 0 Å². The van der Waals surface area contributed by atoms with Crippen LogP contribution in [-0.4, -0.2) is 35.5 Å². The van der Waals surface area contributed by atoms with Crippen molar-refractivity contribution in [3.63, 3.8) is 0 Å². The first-order valence-corrected chi connectivity index (χ1v) is 8.40. The van der Waals surface area contributed by atoms with Gasteiger partial charge in [0.15, 0.2) is 5.58 Å². The van der Waals surface area contributed by atoms with E-state index < -0.39 is 11.7 Å². The molecule has 0 bridgehead atoms. The SMILES string of the molecule is COC(=O)c1cc(CN(C)C(=O)CCn2c(=O)oc3ccccc32)oc1C. The van der Waals surface area contributed by atoms with Crippen LogP contribution in [0.5, 0.6) is 0 Å². The van der Waals surface area contributed by atoms with Crippen molar-refractivity contribution in [1.82, 2.24) is 9.47 Å². The molecule has 3 aromatic rings. The molecule has 0 saturated heterocycles. The summed E-state index contributed by atoms with van der Waals surface area (Å²) < 4.78 is 16.8. The highest BCUT2D eigenvalue weighted by Gasteiger charge is 2.18. The molecule has 0 N–H and O–H groups in total. The Balaban J connectivity index is 1.65. The number of hydrogen-bond donors (Lipinski definition) is 0. The fraction of sp³-hybridized carbons (Fsp3) is 0.316. The minimum Gasteiger partial charge on any atom is -0.465 e. The molecular formula is C19H20N2O6. The molecule has 0 unspecified atom stereocenters. The molecule has 3 rings (SSSR count). The predicted octanol–water partition coefficient (Wildman–Crippen LogP) is 2.33. The number of benzene rings is 1. The molecule has 0 saturated carbocycles. The van der Waals surface area contributed by atoms with Crippen LogP contribution in [0.1, 0.15) is 28.3 Å². The van der Waals surface area contributed by atoms with E-state index in [1.165, 1.54) is 16.6 Å². The van der Waals surface area contributed by atoms with Crippen LogP contribution in [0.25, 0.3) is 11.1 Å². The number of carbonyl (C=O) groups is 2. The Bertz CT molecular complexity index is 1040. The van der Waals surface area contributed by atoms with Crippen LogP contribution in [-0.2, 0) is 22.6 Å². The number of methoxy groups -OCH3 is 1. The molecule has 0 aliphatic heterocycles. The summed E-state index contributed by atoms with van der Waals surface area (Å²) >= 11 is 0. The Kier molecular flexibility index (Phi) is 5.16. The maximum absolute atomic E-state index is 12.4. The van der Waals surface area contributed by atoms with Gasteiger partial charge in [-0.1, -0.05) is 12.1 Å². The lowest BCUT2D eigenvalue weighted by molar-refractivity contribution is -0.130. The Morgan fingerprint density at radius 1 is 1.22 bits per heavy atom. The molecule has 0 radical (unpaired) electrons. The molecule has 142 valence electrons. The van der Waals surface area contributed by atoms with Gasteiger partial charge in [0.25, 0.3) is 0 Å². The van der Waals surface area contributed by atoms with Gasteiger partial charge < -0.3 is 18.5 Å². The molecule has 0 fully saturated rings. The van der Waals surface area contributed by atoms with E-state index in [2.05, 4.69) is 4.74 Å². The lowest BCUT2D eigenvalue weighted by Gasteiger charge is -2.15. The summed E-state index contributed by atoms with van der Waals surface area (Å²) in [7, 11) is 2.93. The summed E-state index contributed by atoms with van der Waals surface area (Å²) in [5.74, 6) is -0.219. The smallest absolute Gasteiger partial charge is 0.419 e. The third kappa shape index (κ3) is 3.79. The van der Waals surface area contributed by atoms with Crippen molar-refractivity contribution in [2.75, 3.05) is 14.2 Å². The highest BCUT2D eigenvalue weighted by Crippen LogP contribution is 2.17. The highest BCUT2D eigenvalue weighted by atomic mass is 16.5. The summed E-state index contributed by atoms with van der Waals surface area (Å²) in [6.07, 6.45) is 0.128. The molecule has 0 aliphatic rings. The van der Waals surface area contributed by atoms with E-state index in [0.29, 0.717) is 28.2 Å².